The second kappa shape index (κ2) is 11.9. The molecule has 0 aliphatic carbocycles. The maximum Gasteiger partial charge on any atom is 0.338 e. The molecule has 2 aromatic rings. The standard InChI is InChI=1S/C25H34O7Si/c1-33(2,3)15-14-29-25-22(27)23(30-16-18-10-6-4-7-11-18)21(26)20(32-25)17-31-24(28)19-12-8-5-9-13-19/h4-13,20-23,25-27H,14-17H2,1-3H3/t20-,21+,22-,23+,25-/m1/s1. The smallest absolute Gasteiger partial charge is 0.338 e. The van der Waals surface area contributed by atoms with Crippen molar-refractivity contribution < 1.29 is 34.0 Å². The first-order valence-corrected chi connectivity index (χ1v) is 15.0. The first-order chi connectivity index (χ1) is 15.7. The Bertz CT molecular complexity index is 856. The number of esters is 1. The van der Waals surface area contributed by atoms with Crippen molar-refractivity contribution in [2.45, 2.75) is 63.0 Å². The van der Waals surface area contributed by atoms with E-state index >= 15 is 0 Å². The minimum Gasteiger partial charge on any atom is -0.459 e. The van der Waals surface area contributed by atoms with Gasteiger partial charge in [0.25, 0.3) is 0 Å². The molecular weight excluding hydrogens is 440 g/mol. The molecular formula is C25H34O7Si. The third-order valence-corrected chi connectivity index (χ3v) is 7.15. The van der Waals surface area contributed by atoms with Crippen molar-refractivity contribution in [2.75, 3.05) is 13.2 Å². The summed E-state index contributed by atoms with van der Waals surface area (Å²) in [6.45, 7) is 7.13. The average molecular weight is 475 g/mol. The number of benzene rings is 2. The molecule has 2 aromatic carbocycles. The van der Waals surface area contributed by atoms with Crippen LogP contribution >= 0.6 is 0 Å². The van der Waals surface area contributed by atoms with Crippen LogP contribution in [0.5, 0.6) is 0 Å². The summed E-state index contributed by atoms with van der Waals surface area (Å²) in [6, 6.07) is 19.0. The molecule has 0 aromatic heterocycles. The van der Waals surface area contributed by atoms with Crippen LogP contribution in [0.25, 0.3) is 0 Å². The normalized spacial score (nSPS) is 25.5. The zero-order chi connectivity index (χ0) is 23.8. The van der Waals surface area contributed by atoms with E-state index < -0.39 is 44.7 Å². The Morgan fingerprint density at radius 2 is 1.58 bits per heavy atom. The van der Waals surface area contributed by atoms with Crippen LogP contribution in [0, 0.1) is 0 Å². The fourth-order valence-electron chi connectivity index (χ4n) is 3.44. The van der Waals surface area contributed by atoms with Crippen LogP contribution in [0.15, 0.2) is 60.7 Å². The maximum atomic E-state index is 12.3. The van der Waals surface area contributed by atoms with E-state index in [1.165, 1.54) is 0 Å². The summed E-state index contributed by atoms with van der Waals surface area (Å²) in [5, 5.41) is 21.7. The number of carbonyl (C=O) groups excluding carboxylic acids is 1. The largest absolute Gasteiger partial charge is 0.459 e. The predicted octanol–water partition coefficient (Wildman–Crippen LogP) is 3.23. The molecule has 5 atom stereocenters. The number of hydrogen-bond acceptors (Lipinski definition) is 7. The van der Waals surface area contributed by atoms with Crippen LogP contribution in [-0.4, -0.2) is 68.2 Å². The highest BCUT2D eigenvalue weighted by Gasteiger charge is 2.46. The van der Waals surface area contributed by atoms with E-state index in [1.54, 1.807) is 24.3 Å². The van der Waals surface area contributed by atoms with E-state index in [2.05, 4.69) is 19.6 Å². The van der Waals surface area contributed by atoms with Gasteiger partial charge in [0.1, 0.15) is 31.0 Å². The minimum atomic E-state index is -1.35. The van der Waals surface area contributed by atoms with Crippen LogP contribution in [-0.2, 0) is 25.6 Å². The summed E-state index contributed by atoms with van der Waals surface area (Å²) in [5.74, 6) is -0.518. The van der Waals surface area contributed by atoms with Gasteiger partial charge in [-0.3, -0.25) is 0 Å². The topological polar surface area (TPSA) is 94.5 Å². The number of hydrogen-bond donors (Lipinski definition) is 2. The summed E-state index contributed by atoms with van der Waals surface area (Å²) in [4.78, 5) is 12.3. The first-order valence-electron chi connectivity index (χ1n) is 11.3. The molecule has 0 bridgehead atoms. The summed E-state index contributed by atoms with van der Waals surface area (Å²) >= 11 is 0. The summed E-state index contributed by atoms with van der Waals surface area (Å²) < 4.78 is 23.0. The highest BCUT2D eigenvalue weighted by molar-refractivity contribution is 6.76. The number of aliphatic hydroxyl groups is 2. The molecule has 180 valence electrons. The molecule has 1 heterocycles. The maximum absolute atomic E-state index is 12.3. The van der Waals surface area contributed by atoms with Crippen molar-refractivity contribution in [1.82, 2.24) is 0 Å². The Labute approximate surface area is 196 Å². The van der Waals surface area contributed by atoms with E-state index in [-0.39, 0.29) is 13.2 Å². The van der Waals surface area contributed by atoms with E-state index in [0.29, 0.717) is 12.2 Å². The average Bonchev–Trinajstić information content (AvgIpc) is 2.80. The second-order valence-corrected chi connectivity index (χ2v) is 15.1. The molecule has 33 heavy (non-hydrogen) atoms. The molecule has 0 amide bonds. The van der Waals surface area contributed by atoms with Gasteiger partial charge in [-0.2, -0.15) is 0 Å². The Morgan fingerprint density at radius 3 is 2.21 bits per heavy atom. The molecule has 1 saturated heterocycles. The molecule has 2 N–H and O–H groups in total. The van der Waals surface area contributed by atoms with Crippen molar-refractivity contribution in [1.29, 1.82) is 0 Å². The Kier molecular flexibility index (Phi) is 9.19. The van der Waals surface area contributed by atoms with E-state index in [0.717, 1.165) is 11.6 Å². The third kappa shape index (κ3) is 7.74. The van der Waals surface area contributed by atoms with Gasteiger partial charge in [-0.05, 0) is 23.7 Å². The van der Waals surface area contributed by atoms with Crippen LogP contribution in [0.3, 0.4) is 0 Å². The SMILES string of the molecule is C[Si](C)(C)CCO[C@@H]1O[C@H](COC(=O)c2ccccc2)[C@H](O)[C@H](OCc2ccccc2)[C@H]1O. The van der Waals surface area contributed by atoms with Crippen molar-refractivity contribution in [3.8, 4) is 0 Å². The zero-order valence-corrected chi connectivity index (χ0v) is 20.4. The van der Waals surface area contributed by atoms with Gasteiger partial charge >= 0.3 is 5.97 Å². The highest BCUT2D eigenvalue weighted by atomic mass is 28.3. The summed E-state index contributed by atoms with van der Waals surface area (Å²) in [6.07, 6.45) is -5.25. The van der Waals surface area contributed by atoms with E-state index in [9.17, 15) is 15.0 Å². The minimum absolute atomic E-state index is 0.194. The van der Waals surface area contributed by atoms with Crippen molar-refractivity contribution in [3.05, 3.63) is 71.8 Å². The van der Waals surface area contributed by atoms with Crippen LogP contribution in [0.2, 0.25) is 25.7 Å². The lowest BCUT2D eigenvalue weighted by atomic mass is 9.99. The molecule has 0 spiro atoms. The Hall–Kier alpha value is -2.07. The third-order valence-electron chi connectivity index (χ3n) is 5.45. The van der Waals surface area contributed by atoms with Gasteiger partial charge in [-0.1, -0.05) is 68.2 Å². The van der Waals surface area contributed by atoms with Crippen molar-refractivity contribution >= 4 is 14.0 Å². The van der Waals surface area contributed by atoms with Gasteiger partial charge in [0.2, 0.25) is 0 Å². The number of ether oxygens (including phenoxy) is 4. The van der Waals surface area contributed by atoms with E-state index in [4.69, 9.17) is 18.9 Å². The molecule has 0 saturated carbocycles. The Balaban J connectivity index is 1.66. The molecule has 8 heteroatoms. The monoisotopic (exact) mass is 474 g/mol. The van der Waals surface area contributed by atoms with Crippen LogP contribution in [0.4, 0.5) is 0 Å². The highest BCUT2D eigenvalue weighted by Crippen LogP contribution is 2.26. The summed E-state index contributed by atoms with van der Waals surface area (Å²) in [7, 11) is -1.35. The number of carbonyl (C=O) groups is 1. The zero-order valence-electron chi connectivity index (χ0n) is 19.4. The second-order valence-electron chi connectivity index (χ2n) is 9.43. The van der Waals surface area contributed by atoms with Crippen molar-refractivity contribution in [2.24, 2.45) is 0 Å². The van der Waals surface area contributed by atoms with E-state index in [1.807, 2.05) is 36.4 Å². The summed E-state index contributed by atoms with van der Waals surface area (Å²) in [5.41, 5.74) is 1.31. The Morgan fingerprint density at radius 1 is 0.939 bits per heavy atom. The molecule has 1 aliphatic rings. The molecule has 0 unspecified atom stereocenters. The van der Waals surface area contributed by atoms with Gasteiger partial charge < -0.3 is 29.2 Å². The van der Waals surface area contributed by atoms with Gasteiger partial charge in [0.05, 0.1) is 12.2 Å². The van der Waals surface area contributed by atoms with Crippen LogP contribution < -0.4 is 0 Å². The molecule has 1 fully saturated rings. The van der Waals surface area contributed by atoms with Crippen molar-refractivity contribution in [3.63, 3.8) is 0 Å². The molecule has 1 aliphatic heterocycles. The number of aliphatic hydroxyl groups excluding tert-OH is 2. The molecule has 0 radical (unpaired) electrons. The van der Waals surface area contributed by atoms with Crippen LogP contribution in [0.1, 0.15) is 15.9 Å². The van der Waals surface area contributed by atoms with Gasteiger partial charge in [-0.15, -0.1) is 0 Å². The lowest BCUT2D eigenvalue weighted by molar-refractivity contribution is -0.308. The lowest BCUT2D eigenvalue weighted by Crippen LogP contribution is -2.60. The first kappa shape index (κ1) is 25.5. The molecule has 3 rings (SSSR count). The van der Waals surface area contributed by atoms with Gasteiger partial charge in [-0.25, -0.2) is 4.79 Å². The lowest BCUT2D eigenvalue weighted by Gasteiger charge is -2.42. The van der Waals surface area contributed by atoms with Gasteiger partial charge in [0, 0.05) is 14.7 Å². The predicted molar refractivity (Wildman–Crippen MR) is 127 cm³/mol. The fraction of sp³-hybridized carbons (Fsp3) is 0.480. The quantitative estimate of drug-likeness (QED) is 0.403. The fourth-order valence-corrected chi connectivity index (χ4v) is 4.17. The van der Waals surface area contributed by atoms with Gasteiger partial charge in [0.15, 0.2) is 6.29 Å². The molecule has 7 nitrogen and oxygen atoms in total. The number of rotatable bonds is 10.